The second kappa shape index (κ2) is 2.52. The van der Waals surface area contributed by atoms with Gasteiger partial charge in [-0.2, -0.15) is 10.5 Å². The van der Waals surface area contributed by atoms with Crippen molar-refractivity contribution < 1.29 is 14.3 Å². The summed E-state index contributed by atoms with van der Waals surface area (Å²) in [6.45, 7) is 1.26. The van der Waals surface area contributed by atoms with Crippen molar-refractivity contribution >= 4 is 11.8 Å². The van der Waals surface area contributed by atoms with Gasteiger partial charge in [0.1, 0.15) is 11.6 Å². The predicted molar refractivity (Wildman–Crippen MR) is 47.5 cm³/mol. The van der Waals surface area contributed by atoms with E-state index in [0.717, 1.165) is 0 Å². The number of nitrogens with one attached hydrogen (secondary N) is 1. The molecule has 2 unspecified atom stereocenters. The molecule has 1 fully saturated rings. The molecular formula is C9H6N4O3. The summed E-state index contributed by atoms with van der Waals surface area (Å²) in [5.74, 6) is -2.00. The van der Waals surface area contributed by atoms with E-state index in [9.17, 15) is 9.59 Å². The van der Waals surface area contributed by atoms with E-state index in [1.165, 1.54) is 6.92 Å². The molecule has 7 heteroatoms. The fraction of sp³-hybridized carbons (Fsp3) is 0.333. The number of imide groups is 1. The largest absolute Gasteiger partial charge is 0.459 e. The molecule has 0 bridgehead atoms. The molecular weight excluding hydrogens is 212 g/mol. The van der Waals surface area contributed by atoms with Gasteiger partial charge in [-0.3, -0.25) is 14.9 Å². The third kappa shape index (κ3) is 0.695. The van der Waals surface area contributed by atoms with Crippen LogP contribution in [-0.2, 0) is 14.3 Å². The van der Waals surface area contributed by atoms with Gasteiger partial charge in [0.25, 0.3) is 11.8 Å². The lowest BCUT2D eigenvalue weighted by Crippen LogP contribution is -2.46. The Morgan fingerprint density at radius 1 is 1.38 bits per heavy atom. The molecule has 80 valence electrons. The van der Waals surface area contributed by atoms with Crippen LogP contribution in [0.3, 0.4) is 0 Å². The molecule has 0 aromatic rings. The van der Waals surface area contributed by atoms with E-state index in [2.05, 4.69) is 0 Å². The van der Waals surface area contributed by atoms with Crippen LogP contribution in [0.1, 0.15) is 6.92 Å². The number of fused-ring (bicyclic) bond motifs is 1. The third-order valence-electron chi connectivity index (χ3n) is 2.93. The van der Waals surface area contributed by atoms with Crippen LogP contribution in [0.5, 0.6) is 0 Å². The molecule has 0 radical (unpaired) electrons. The minimum absolute atomic E-state index is 0.319. The highest BCUT2D eigenvalue weighted by Crippen LogP contribution is 2.51. The van der Waals surface area contributed by atoms with Gasteiger partial charge in [-0.25, -0.2) is 0 Å². The monoisotopic (exact) mass is 218 g/mol. The standard InChI is InChI=1S/C9H6N4O3/c1-8-6(14)13-7(15)9(8,3-11)4(2-10)5(12)16-8/h12H2,1H3,(H,13,14,15). The van der Waals surface area contributed by atoms with E-state index in [-0.39, 0.29) is 11.5 Å². The van der Waals surface area contributed by atoms with Gasteiger partial charge in [-0.1, -0.05) is 0 Å². The van der Waals surface area contributed by atoms with Crippen molar-refractivity contribution in [3.8, 4) is 12.1 Å². The van der Waals surface area contributed by atoms with Crippen LogP contribution in [0.4, 0.5) is 0 Å². The van der Waals surface area contributed by atoms with Crippen LogP contribution in [-0.4, -0.2) is 17.4 Å². The highest BCUT2D eigenvalue weighted by Gasteiger charge is 2.73. The fourth-order valence-electron chi connectivity index (χ4n) is 1.99. The second-order valence-corrected chi connectivity index (χ2v) is 3.63. The molecule has 2 amide bonds. The quantitative estimate of drug-likeness (QED) is 0.483. The summed E-state index contributed by atoms with van der Waals surface area (Å²) in [5.41, 5.74) is 1.36. The van der Waals surface area contributed by atoms with Crippen LogP contribution >= 0.6 is 0 Å². The average Bonchev–Trinajstić information content (AvgIpc) is 2.56. The molecule has 3 N–H and O–H groups in total. The van der Waals surface area contributed by atoms with Gasteiger partial charge in [0.05, 0.1) is 6.07 Å². The molecule has 0 saturated carbocycles. The van der Waals surface area contributed by atoms with E-state index in [1.54, 1.807) is 12.1 Å². The summed E-state index contributed by atoms with van der Waals surface area (Å²) < 4.78 is 5.03. The van der Waals surface area contributed by atoms with Gasteiger partial charge < -0.3 is 10.5 Å². The smallest absolute Gasteiger partial charge is 0.273 e. The van der Waals surface area contributed by atoms with Crippen molar-refractivity contribution in [1.82, 2.24) is 5.32 Å². The molecule has 7 nitrogen and oxygen atoms in total. The van der Waals surface area contributed by atoms with Crippen LogP contribution < -0.4 is 11.1 Å². The van der Waals surface area contributed by atoms with E-state index in [4.69, 9.17) is 21.0 Å². The number of carbonyl (C=O) groups excluding carboxylic acids is 2. The Kier molecular flexibility index (Phi) is 1.58. The molecule has 0 aliphatic carbocycles. The molecule has 2 aliphatic heterocycles. The Balaban J connectivity index is 2.79. The van der Waals surface area contributed by atoms with Crippen molar-refractivity contribution in [1.29, 1.82) is 10.5 Å². The Morgan fingerprint density at radius 2 is 2.00 bits per heavy atom. The van der Waals surface area contributed by atoms with Gasteiger partial charge >= 0.3 is 0 Å². The van der Waals surface area contributed by atoms with Crippen molar-refractivity contribution in [3.05, 3.63) is 11.5 Å². The summed E-state index contributed by atoms with van der Waals surface area (Å²) >= 11 is 0. The molecule has 1 saturated heterocycles. The molecule has 2 atom stereocenters. The van der Waals surface area contributed by atoms with Crippen LogP contribution in [0.2, 0.25) is 0 Å². The van der Waals surface area contributed by atoms with Gasteiger partial charge in [0.15, 0.2) is 0 Å². The molecule has 0 aromatic heterocycles. The number of nitriles is 2. The maximum absolute atomic E-state index is 11.7. The lowest BCUT2D eigenvalue weighted by atomic mass is 9.72. The Labute approximate surface area is 90.1 Å². The zero-order valence-corrected chi connectivity index (χ0v) is 8.20. The highest BCUT2D eigenvalue weighted by atomic mass is 16.5. The Morgan fingerprint density at radius 3 is 2.50 bits per heavy atom. The number of nitrogens with two attached hydrogens (primary N) is 1. The van der Waals surface area contributed by atoms with E-state index < -0.39 is 22.8 Å². The molecule has 2 rings (SSSR count). The SMILES string of the molecule is CC12OC(N)=C(C#N)C1(C#N)C(=O)NC2=O. The van der Waals surface area contributed by atoms with Crippen molar-refractivity contribution in [2.24, 2.45) is 11.1 Å². The second-order valence-electron chi connectivity index (χ2n) is 3.63. The zero-order valence-electron chi connectivity index (χ0n) is 8.20. The lowest BCUT2D eigenvalue weighted by molar-refractivity contribution is -0.137. The highest BCUT2D eigenvalue weighted by molar-refractivity contribution is 6.15. The molecule has 2 aliphatic rings. The van der Waals surface area contributed by atoms with Crippen molar-refractivity contribution in [2.45, 2.75) is 12.5 Å². The normalized spacial score (nSPS) is 36.2. The zero-order chi connectivity index (χ0) is 12.1. The summed E-state index contributed by atoms with van der Waals surface area (Å²) in [4.78, 5) is 23.2. The maximum atomic E-state index is 11.7. The number of carbonyl (C=O) groups is 2. The van der Waals surface area contributed by atoms with Crippen molar-refractivity contribution in [3.63, 3.8) is 0 Å². The number of ether oxygens (including phenoxy) is 1. The van der Waals surface area contributed by atoms with Gasteiger partial charge in [0.2, 0.25) is 16.9 Å². The van der Waals surface area contributed by atoms with Gasteiger partial charge in [-0.15, -0.1) is 0 Å². The number of hydrogen-bond acceptors (Lipinski definition) is 6. The topological polar surface area (TPSA) is 129 Å². The minimum atomic E-state index is -1.97. The number of rotatable bonds is 0. The van der Waals surface area contributed by atoms with Gasteiger partial charge in [0, 0.05) is 0 Å². The van der Waals surface area contributed by atoms with Gasteiger partial charge in [-0.05, 0) is 6.92 Å². The first-order valence-electron chi connectivity index (χ1n) is 4.30. The Bertz CT molecular complexity index is 538. The summed E-state index contributed by atoms with van der Waals surface area (Å²) in [6.07, 6.45) is 0. The molecule has 0 spiro atoms. The average molecular weight is 218 g/mol. The first-order chi connectivity index (χ1) is 7.44. The minimum Gasteiger partial charge on any atom is -0.459 e. The number of amides is 2. The number of hydrogen-bond donors (Lipinski definition) is 2. The predicted octanol–water partition coefficient (Wildman–Crippen LogP) is -1.36. The van der Waals surface area contributed by atoms with Crippen LogP contribution in [0.25, 0.3) is 0 Å². The summed E-state index contributed by atoms with van der Waals surface area (Å²) in [5, 5.41) is 20.0. The Hall–Kier alpha value is -2.54. The first kappa shape index (κ1) is 9.99. The molecule has 0 aromatic carbocycles. The van der Waals surface area contributed by atoms with Crippen molar-refractivity contribution in [2.75, 3.05) is 0 Å². The third-order valence-corrected chi connectivity index (χ3v) is 2.93. The number of nitrogens with zero attached hydrogens (tertiary/aromatic N) is 2. The summed E-state index contributed by atoms with van der Waals surface area (Å²) in [6, 6.07) is 3.32. The van der Waals surface area contributed by atoms with Crippen LogP contribution in [0, 0.1) is 28.1 Å². The fourth-order valence-corrected chi connectivity index (χ4v) is 1.99. The lowest BCUT2D eigenvalue weighted by Gasteiger charge is -2.24. The van der Waals surface area contributed by atoms with E-state index in [1.807, 2.05) is 5.32 Å². The molecule has 16 heavy (non-hydrogen) atoms. The van der Waals surface area contributed by atoms with Crippen LogP contribution in [0.15, 0.2) is 11.5 Å². The summed E-state index contributed by atoms with van der Waals surface area (Å²) in [7, 11) is 0. The maximum Gasteiger partial charge on any atom is 0.273 e. The first-order valence-corrected chi connectivity index (χ1v) is 4.30. The molecule has 2 heterocycles. The van der Waals surface area contributed by atoms with E-state index in [0.29, 0.717) is 0 Å². The van der Waals surface area contributed by atoms with E-state index >= 15 is 0 Å².